The topological polar surface area (TPSA) is 56.7 Å². The Morgan fingerprint density at radius 1 is 1.41 bits per heavy atom. The summed E-state index contributed by atoms with van der Waals surface area (Å²) in [5.41, 5.74) is 7.21. The Labute approximate surface area is 105 Å². The van der Waals surface area contributed by atoms with Crippen molar-refractivity contribution < 1.29 is 0 Å². The first-order valence-electron chi connectivity index (χ1n) is 5.51. The summed E-state index contributed by atoms with van der Waals surface area (Å²) < 4.78 is 1.68. The molecule has 2 rings (SSSR count). The van der Waals surface area contributed by atoms with Gasteiger partial charge >= 0.3 is 0 Å². The molecule has 0 fully saturated rings. The summed E-state index contributed by atoms with van der Waals surface area (Å²) in [6.07, 6.45) is 3.56. The monoisotopic (exact) mass is 248 g/mol. The molecule has 0 bridgehead atoms. The zero-order valence-electron chi connectivity index (χ0n) is 10.2. The van der Waals surface area contributed by atoms with Crippen LogP contribution in [0, 0.1) is 6.92 Å². The number of rotatable bonds is 3. The number of hydrogen-bond donors (Lipinski definition) is 1. The molecule has 0 spiro atoms. The second-order valence-corrected chi connectivity index (χ2v) is 5.78. The maximum Gasteiger partial charge on any atom is 0.155 e. The van der Waals surface area contributed by atoms with Crippen molar-refractivity contribution in [2.24, 2.45) is 0 Å². The van der Waals surface area contributed by atoms with Crippen molar-refractivity contribution in [3.8, 4) is 5.82 Å². The quantitative estimate of drug-likeness (QED) is 0.848. The number of nitrogens with zero attached hydrogens (tertiary/aromatic N) is 3. The molecule has 2 N–H and O–H groups in total. The van der Waals surface area contributed by atoms with Crippen LogP contribution in [0.15, 0.2) is 29.4 Å². The van der Waals surface area contributed by atoms with E-state index >= 15 is 0 Å². The van der Waals surface area contributed by atoms with Gasteiger partial charge in [-0.2, -0.15) is 9.78 Å². The van der Waals surface area contributed by atoms with Crippen molar-refractivity contribution in [2.45, 2.75) is 30.9 Å². The molecule has 4 nitrogen and oxygen atoms in total. The standard InChI is InChI=1S/C12H16N4S/c1-8(2)17-10-7-15-16(12(10)13)11-6-9(3)4-5-14-11/h4-8H,13H2,1-3H3. The van der Waals surface area contributed by atoms with Crippen LogP contribution < -0.4 is 5.73 Å². The second kappa shape index (κ2) is 4.79. The zero-order chi connectivity index (χ0) is 12.4. The fourth-order valence-electron chi connectivity index (χ4n) is 1.51. The number of nitrogen functional groups attached to an aromatic ring is 1. The molecule has 2 aromatic heterocycles. The first-order chi connectivity index (χ1) is 8.08. The molecule has 17 heavy (non-hydrogen) atoms. The molecule has 0 saturated carbocycles. The number of nitrogens with two attached hydrogens (primary N) is 1. The largest absolute Gasteiger partial charge is 0.383 e. The minimum atomic E-state index is 0.486. The highest BCUT2D eigenvalue weighted by atomic mass is 32.2. The summed E-state index contributed by atoms with van der Waals surface area (Å²) in [6, 6.07) is 3.92. The molecule has 0 saturated heterocycles. The number of thioether (sulfide) groups is 1. The van der Waals surface area contributed by atoms with Gasteiger partial charge < -0.3 is 5.73 Å². The SMILES string of the molecule is Cc1ccnc(-n2ncc(SC(C)C)c2N)c1. The minimum Gasteiger partial charge on any atom is -0.383 e. The molecule has 90 valence electrons. The Balaban J connectivity index is 2.37. The van der Waals surface area contributed by atoms with E-state index < -0.39 is 0 Å². The summed E-state index contributed by atoms with van der Waals surface area (Å²) in [5.74, 6) is 1.42. The lowest BCUT2D eigenvalue weighted by molar-refractivity contribution is 0.855. The lowest BCUT2D eigenvalue weighted by Crippen LogP contribution is -2.04. The number of pyridine rings is 1. The first-order valence-corrected chi connectivity index (χ1v) is 6.39. The average molecular weight is 248 g/mol. The van der Waals surface area contributed by atoms with Gasteiger partial charge in [-0.1, -0.05) is 13.8 Å². The van der Waals surface area contributed by atoms with E-state index in [-0.39, 0.29) is 0 Å². The highest BCUT2D eigenvalue weighted by Crippen LogP contribution is 2.29. The molecule has 2 aromatic rings. The highest BCUT2D eigenvalue weighted by Gasteiger charge is 2.11. The molecule has 5 heteroatoms. The molecular formula is C12H16N4S. The third kappa shape index (κ3) is 2.61. The van der Waals surface area contributed by atoms with Crippen LogP contribution in [-0.2, 0) is 0 Å². The Hall–Kier alpha value is -1.49. The van der Waals surface area contributed by atoms with E-state index in [0.717, 1.165) is 16.3 Å². The van der Waals surface area contributed by atoms with E-state index in [1.807, 2.05) is 19.1 Å². The van der Waals surface area contributed by atoms with Gasteiger partial charge in [0.2, 0.25) is 0 Å². The molecule has 0 aliphatic rings. The van der Waals surface area contributed by atoms with Gasteiger partial charge in [0.25, 0.3) is 0 Å². The molecule has 2 heterocycles. The second-order valence-electron chi connectivity index (χ2n) is 4.16. The number of hydrogen-bond acceptors (Lipinski definition) is 4. The normalized spacial score (nSPS) is 11.1. The maximum atomic E-state index is 6.07. The maximum absolute atomic E-state index is 6.07. The summed E-state index contributed by atoms with van der Waals surface area (Å²) >= 11 is 1.71. The van der Waals surface area contributed by atoms with Gasteiger partial charge in [0, 0.05) is 11.4 Å². The molecule has 0 aliphatic carbocycles. The number of aryl methyl sites for hydroxylation is 1. The van der Waals surface area contributed by atoms with Gasteiger partial charge in [-0.15, -0.1) is 11.8 Å². The van der Waals surface area contributed by atoms with Crippen LogP contribution in [0.2, 0.25) is 0 Å². The highest BCUT2D eigenvalue weighted by molar-refractivity contribution is 8.00. The molecule has 0 unspecified atom stereocenters. The predicted molar refractivity (Wildman–Crippen MR) is 71.5 cm³/mol. The van der Waals surface area contributed by atoms with Crippen LogP contribution in [0.5, 0.6) is 0 Å². The van der Waals surface area contributed by atoms with E-state index in [2.05, 4.69) is 23.9 Å². The number of anilines is 1. The summed E-state index contributed by atoms with van der Waals surface area (Å²) in [6.45, 7) is 6.29. The molecule has 0 atom stereocenters. The zero-order valence-corrected chi connectivity index (χ0v) is 11.0. The average Bonchev–Trinajstić information content (AvgIpc) is 2.60. The predicted octanol–water partition coefficient (Wildman–Crippen LogP) is 2.66. The third-order valence-corrected chi connectivity index (χ3v) is 3.29. The molecular weight excluding hydrogens is 232 g/mol. The van der Waals surface area contributed by atoms with E-state index in [0.29, 0.717) is 11.1 Å². The van der Waals surface area contributed by atoms with Gasteiger partial charge in [0.05, 0.1) is 11.1 Å². The molecule has 0 amide bonds. The van der Waals surface area contributed by atoms with Crippen LogP contribution in [0.25, 0.3) is 5.82 Å². The summed E-state index contributed by atoms with van der Waals surface area (Å²) in [4.78, 5) is 5.28. The molecule has 0 aromatic carbocycles. The van der Waals surface area contributed by atoms with Gasteiger partial charge in [-0.05, 0) is 24.6 Å². The van der Waals surface area contributed by atoms with Crippen molar-refractivity contribution in [2.75, 3.05) is 5.73 Å². The van der Waals surface area contributed by atoms with Crippen LogP contribution in [0.1, 0.15) is 19.4 Å². The fourth-order valence-corrected chi connectivity index (χ4v) is 2.33. The van der Waals surface area contributed by atoms with Crippen molar-refractivity contribution >= 4 is 17.6 Å². The summed E-state index contributed by atoms with van der Waals surface area (Å²) in [7, 11) is 0. The van der Waals surface area contributed by atoms with Crippen molar-refractivity contribution in [1.82, 2.24) is 14.8 Å². The van der Waals surface area contributed by atoms with Crippen molar-refractivity contribution in [3.05, 3.63) is 30.1 Å². The van der Waals surface area contributed by atoms with Crippen LogP contribution >= 0.6 is 11.8 Å². The fraction of sp³-hybridized carbons (Fsp3) is 0.333. The lowest BCUT2D eigenvalue weighted by Gasteiger charge is -2.06. The Morgan fingerprint density at radius 3 is 2.82 bits per heavy atom. The molecule has 0 aliphatic heterocycles. The van der Waals surface area contributed by atoms with Crippen molar-refractivity contribution in [3.63, 3.8) is 0 Å². The van der Waals surface area contributed by atoms with Gasteiger partial charge in [-0.3, -0.25) is 0 Å². The Bertz CT molecular complexity index is 519. The lowest BCUT2D eigenvalue weighted by atomic mass is 10.3. The van der Waals surface area contributed by atoms with E-state index in [4.69, 9.17) is 5.73 Å². The first kappa shape index (κ1) is 12.0. The molecule has 0 radical (unpaired) electrons. The van der Waals surface area contributed by atoms with Crippen molar-refractivity contribution in [1.29, 1.82) is 0 Å². The van der Waals surface area contributed by atoms with Gasteiger partial charge in [-0.25, -0.2) is 4.98 Å². The van der Waals surface area contributed by atoms with Crippen LogP contribution in [0.4, 0.5) is 5.82 Å². The third-order valence-electron chi connectivity index (χ3n) is 2.25. The van der Waals surface area contributed by atoms with Gasteiger partial charge in [0.1, 0.15) is 5.82 Å². The van der Waals surface area contributed by atoms with E-state index in [1.54, 1.807) is 28.8 Å². The van der Waals surface area contributed by atoms with Crippen LogP contribution in [0.3, 0.4) is 0 Å². The Morgan fingerprint density at radius 2 is 2.18 bits per heavy atom. The smallest absolute Gasteiger partial charge is 0.155 e. The van der Waals surface area contributed by atoms with Crippen LogP contribution in [-0.4, -0.2) is 20.0 Å². The minimum absolute atomic E-state index is 0.486. The number of aromatic nitrogens is 3. The van der Waals surface area contributed by atoms with E-state index in [9.17, 15) is 0 Å². The van der Waals surface area contributed by atoms with E-state index in [1.165, 1.54) is 0 Å². The Kier molecular flexibility index (Phi) is 3.38. The summed E-state index contributed by atoms with van der Waals surface area (Å²) in [5, 5.41) is 4.77. The van der Waals surface area contributed by atoms with Gasteiger partial charge in [0.15, 0.2) is 5.82 Å².